The molecular weight excluding hydrogens is 322 g/mol. The molecule has 3 rings (SSSR count). The molecule has 0 aromatic carbocycles. The third-order valence-corrected chi connectivity index (χ3v) is 5.25. The molecule has 0 aromatic heterocycles. The van der Waals surface area contributed by atoms with Gasteiger partial charge in [0.15, 0.2) is 0 Å². The second-order valence-electron chi connectivity index (χ2n) is 7.38. The Kier molecular flexibility index (Phi) is 4.64. The molecule has 2 aliphatic carbocycles. The van der Waals surface area contributed by atoms with Crippen LogP contribution in [0.15, 0.2) is 34.9 Å². The zero-order valence-electron chi connectivity index (χ0n) is 14.4. The van der Waals surface area contributed by atoms with E-state index in [9.17, 15) is 19.5 Å². The second-order valence-corrected chi connectivity index (χ2v) is 7.38. The summed E-state index contributed by atoms with van der Waals surface area (Å²) in [6.07, 6.45) is 4.41. The van der Waals surface area contributed by atoms with Crippen LogP contribution in [0.1, 0.15) is 26.7 Å². The summed E-state index contributed by atoms with van der Waals surface area (Å²) < 4.78 is 0. The molecule has 25 heavy (non-hydrogen) atoms. The zero-order chi connectivity index (χ0) is 18.3. The Labute approximate surface area is 146 Å². The summed E-state index contributed by atoms with van der Waals surface area (Å²) in [5.41, 5.74) is 2.23. The lowest BCUT2D eigenvalue weighted by Crippen LogP contribution is -2.39. The van der Waals surface area contributed by atoms with Crippen LogP contribution in [0, 0.1) is 17.8 Å². The molecule has 0 radical (unpaired) electrons. The SMILES string of the molecule is CC(C)C1C=C(C(=O)N2CC3=C(CC(C(=O)O)C=C3)C2)C(O)CC1=O. The Bertz CT molecular complexity index is 715. The number of Topliss-reactive ketones (excluding diaryl/α,β-unsaturated/α-hetero) is 1. The number of carboxylic acids is 1. The molecule has 0 fully saturated rings. The summed E-state index contributed by atoms with van der Waals surface area (Å²) in [6.45, 7) is 4.64. The van der Waals surface area contributed by atoms with Crippen molar-refractivity contribution in [2.24, 2.45) is 17.8 Å². The van der Waals surface area contributed by atoms with Gasteiger partial charge in [0.1, 0.15) is 5.78 Å². The maximum absolute atomic E-state index is 12.9. The Morgan fingerprint density at radius 3 is 2.60 bits per heavy atom. The summed E-state index contributed by atoms with van der Waals surface area (Å²) in [5, 5.41) is 19.4. The van der Waals surface area contributed by atoms with Gasteiger partial charge in [-0.15, -0.1) is 0 Å². The molecule has 0 bridgehead atoms. The van der Waals surface area contributed by atoms with E-state index in [-0.39, 0.29) is 35.5 Å². The van der Waals surface area contributed by atoms with Gasteiger partial charge >= 0.3 is 5.97 Å². The van der Waals surface area contributed by atoms with Gasteiger partial charge in [-0.1, -0.05) is 32.1 Å². The van der Waals surface area contributed by atoms with Gasteiger partial charge in [0.05, 0.1) is 12.0 Å². The molecule has 6 nitrogen and oxygen atoms in total. The van der Waals surface area contributed by atoms with Gasteiger partial charge in [0.25, 0.3) is 5.91 Å². The van der Waals surface area contributed by atoms with Crippen LogP contribution in [0.4, 0.5) is 0 Å². The van der Waals surface area contributed by atoms with Crippen LogP contribution in [0.25, 0.3) is 0 Å². The third kappa shape index (κ3) is 3.31. The van der Waals surface area contributed by atoms with Crippen molar-refractivity contribution in [3.8, 4) is 0 Å². The predicted octanol–water partition coefficient (Wildman–Crippen LogP) is 1.32. The van der Waals surface area contributed by atoms with Crippen LogP contribution in [0.2, 0.25) is 0 Å². The van der Waals surface area contributed by atoms with E-state index in [2.05, 4.69) is 0 Å². The highest BCUT2D eigenvalue weighted by Gasteiger charge is 2.37. The second kappa shape index (κ2) is 6.59. The highest BCUT2D eigenvalue weighted by atomic mass is 16.4. The maximum atomic E-state index is 12.9. The Balaban J connectivity index is 1.75. The smallest absolute Gasteiger partial charge is 0.310 e. The van der Waals surface area contributed by atoms with Crippen LogP contribution >= 0.6 is 0 Å². The fraction of sp³-hybridized carbons (Fsp3) is 0.526. The quantitative estimate of drug-likeness (QED) is 0.804. The number of carbonyl (C=O) groups is 3. The highest BCUT2D eigenvalue weighted by molar-refractivity contribution is 5.99. The molecule has 3 aliphatic rings. The molecule has 1 heterocycles. The van der Waals surface area contributed by atoms with E-state index < -0.39 is 18.0 Å². The lowest BCUT2D eigenvalue weighted by atomic mass is 9.80. The average molecular weight is 345 g/mol. The topological polar surface area (TPSA) is 94.9 Å². The largest absolute Gasteiger partial charge is 0.481 e. The van der Waals surface area contributed by atoms with Crippen molar-refractivity contribution in [3.05, 3.63) is 34.9 Å². The van der Waals surface area contributed by atoms with Crippen LogP contribution in [0.3, 0.4) is 0 Å². The van der Waals surface area contributed by atoms with Crippen LogP contribution in [-0.2, 0) is 14.4 Å². The minimum absolute atomic E-state index is 0.0254. The summed E-state index contributed by atoms with van der Waals surface area (Å²) >= 11 is 0. The molecule has 3 atom stereocenters. The van der Waals surface area contributed by atoms with Gasteiger partial charge in [-0.2, -0.15) is 0 Å². The van der Waals surface area contributed by atoms with Gasteiger partial charge in [0, 0.05) is 31.0 Å². The van der Waals surface area contributed by atoms with Crippen molar-refractivity contribution in [3.63, 3.8) is 0 Å². The number of ketones is 1. The minimum Gasteiger partial charge on any atom is -0.481 e. The lowest BCUT2D eigenvalue weighted by Gasteiger charge is -2.28. The summed E-state index contributed by atoms with van der Waals surface area (Å²) in [7, 11) is 0. The number of carboxylic acid groups (broad SMARTS) is 1. The number of allylic oxidation sites excluding steroid dienone is 1. The minimum atomic E-state index is -1.06. The first-order valence-electron chi connectivity index (χ1n) is 8.61. The summed E-state index contributed by atoms with van der Waals surface area (Å²) in [5.74, 6) is -1.98. The van der Waals surface area contributed by atoms with Crippen molar-refractivity contribution < 1.29 is 24.6 Å². The van der Waals surface area contributed by atoms with Crippen molar-refractivity contribution in [1.29, 1.82) is 0 Å². The number of rotatable bonds is 3. The van der Waals surface area contributed by atoms with Crippen LogP contribution in [-0.4, -0.2) is 52.0 Å². The van der Waals surface area contributed by atoms with Crippen LogP contribution < -0.4 is 0 Å². The molecule has 1 aliphatic heterocycles. The van der Waals surface area contributed by atoms with Crippen molar-refractivity contribution >= 4 is 17.7 Å². The van der Waals surface area contributed by atoms with E-state index in [4.69, 9.17) is 5.11 Å². The van der Waals surface area contributed by atoms with Gasteiger partial charge < -0.3 is 15.1 Å². The first-order chi connectivity index (χ1) is 11.8. The number of aliphatic hydroxyl groups excluding tert-OH is 1. The van der Waals surface area contributed by atoms with Gasteiger partial charge in [-0.25, -0.2) is 0 Å². The number of hydrogen-bond donors (Lipinski definition) is 2. The fourth-order valence-corrected chi connectivity index (χ4v) is 3.75. The first-order valence-corrected chi connectivity index (χ1v) is 8.61. The normalized spacial score (nSPS) is 29.1. The van der Waals surface area contributed by atoms with E-state index in [0.29, 0.717) is 19.5 Å². The number of amides is 1. The Morgan fingerprint density at radius 1 is 1.24 bits per heavy atom. The van der Waals surface area contributed by atoms with Crippen LogP contribution in [0.5, 0.6) is 0 Å². The van der Waals surface area contributed by atoms with E-state index >= 15 is 0 Å². The molecular formula is C19H23NO5. The summed E-state index contributed by atoms with van der Waals surface area (Å²) in [6, 6.07) is 0. The molecule has 3 unspecified atom stereocenters. The van der Waals surface area contributed by atoms with E-state index in [0.717, 1.165) is 11.1 Å². The molecule has 134 valence electrons. The highest BCUT2D eigenvalue weighted by Crippen LogP contribution is 2.33. The van der Waals surface area contributed by atoms with Crippen molar-refractivity contribution in [2.75, 3.05) is 13.1 Å². The molecule has 0 aromatic rings. The molecule has 1 amide bonds. The number of aliphatic carboxylic acids is 1. The number of nitrogens with zero attached hydrogens (tertiary/aromatic N) is 1. The van der Waals surface area contributed by atoms with E-state index in [1.165, 1.54) is 0 Å². The maximum Gasteiger partial charge on any atom is 0.310 e. The third-order valence-electron chi connectivity index (χ3n) is 5.25. The number of aliphatic hydroxyl groups is 1. The molecule has 0 spiro atoms. The number of hydrogen-bond acceptors (Lipinski definition) is 4. The zero-order valence-corrected chi connectivity index (χ0v) is 14.4. The van der Waals surface area contributed by atoms with Gasteiger partial charge in [0.2, 0.25) is 0 Å². The van der Waals surface area contributed by atoms with E-state index in [1.807, 2.05) is 13.8 Å². The summed E-state index contributed by atoms with van der Waals surface area (Å²) in [4.78, 5) is 37.7. The van der Waals surface area contributed by atoms with E-state index in [1.54, 1.807) is 23.1 Å². The Morgan fingerprint density at radius 2 is 1.96 bits per heavy atom. The Hall–Kier alpha value is -2.21. The van der Waals surface area contributed by atoms with Crippen molar-refractivity contribution in [1.82, 2.24) is 4.90 Å². The standard InChI is InChI=1S/C19H23NO5/c1-10(2)14-6-15(17(22)7-16(14)21)18(23)20-8-12-4-3-11(19(24)25)5-13(12)9-20/h3-4,6,10-11,14,17,22H,5,7-9H2,1-2H3,(H,24,25). The first kappa shape index (κ1) is 17.6. The van der Waals surface area contributed by atoms with Crippen molar-refractivity contribution in [2.45, 2.75) is 32.8 Å². The fourth-order valence-electron chi connectivity index (χ4n) is 3.75. The average Bonchev–Trinajstić information content (AvgIpc) is 2.96. The molecule has 6 heteroatoms. The molecule has 2 N–H and O–H groups in total. The molecule has 0 saturated carbocycles. The van der Waals surface area contributed by atoms with Gasteiger partial charge in [-0.3, -0.25) is 14.4 Å². The monoisotopic (exact) mass is 345 g/mol. The number of carbonyl (C=O) groups excluding carboxylic acids is 2. The molecule has 0 saturated heterocycles. The van der Waals surface area contributed by atoms with Gasteiger partial charge in [-0.05, 0) is 23.5 Å². The predicted molar refractivity (Wildman–Crippen MR) is 90.5 cm³/mol. The lowest BCUT2D eigenvalue weighted by molar-refractivity contribution is -0.140.